The van der Waals surface area contributed by atoms with Crippen molar-refractivity contribution in [3.8, 4) is 0 Å². The van der Waals surface area contributed by atoms with E-state index in [1.807, 2.05) is 19.2 Å². The van der Waals surface area contributed by atoms with Crippen LogP contribution in [-0.4, -0.2) is 30.8 Å². The summed E-state index contributed by atoms with van der Waals surface area (Å²) in [5, 5.41) is 7.28. The Hall–Kier alpha value is -0.840. The Labute approximate surface area is 113 Å². The largest absolute Gasteiger partial charge is 0.380 e. The lowest BCUT2D eigenvalue weighted by atomic mass is 10.2. The van der Waals surface area contributed by atoms with Crippen LogP contribution in [0.2, 0.25) is 5.02 Å². The molecule has 2 N–H and O–H groups in total. The highest BCUT2D eigenvalue weighted by Crippen LogP contribution is 2.22. The molecule has 0 aliphatic heterocycles. The van der Waals surface area contributed by atoms with E-state index in [-0.39, 0.29) is 6.10 Å². The predicted octanol–water partition coefficient (Wildman–Crippen LogP) is 2.43. The number of nitrogens with zero attached hydrogens (tertiary/aromatic N) is 1. The fourth-order valence-corrected chi connectivity index (χ4v) is 1.83. The normalized spacial score (nSPS) is 16.6. The molecular formula is C13H20ClN3O. The van der Waals surface area contributed by atoms with Gasteiger partial charge in [0.15, 0.2) is 0 Å². The van der Waals surface area contributed by atoms with Crippen molar-refractivity contribution in [2.24, 2.45) is 0 Å². The Kier molecular flexibility index (Phi) is 4.80. The molecule has 1 aromatic rings. The van der Waals surface area contributed by atoms with Gasteiger partial charge in [-0.1, -0.05) is 11.6 Å². The van der Waals surface area contributed by atoms with Crippen LogP contribution < -0.4 is 10.6 Å². The first-order valence-corrected chi connectivity index (χ1v) is 6.71. The topological polar surface area (TPSA) is 46.2 Å². The first-order chi connectivity index (χ1) is 8.69. The minimum atomic E-state index is 0.138. The number of rotatable bonds is 7. The number of pyridine rings is 1. The molecule has 0 bridgehead atoms. The van der Waals surface area contributed by atoms with Crippen molar-refractivity contribution in [3.05, 3.63) is 22.8 Å². The average Bonchev–Trinajstić information content (AvgIpc) is 3.18. The Morgan fingerprint density at radius 2 is 2.33 bits per heavy atom. The Morgan fingerprint density at radius 1 is 1.56 bits per heavy atom. The van der Waals surface area contributed by atoms with Crippen LogP contribution in [0.1, 0.15) is 25.3 Å². The summed E-state index contributed by atoms with van der Waals surface area (Å²) in [4.78, 5) is 4.34. The zero-order chi connectivity index (χ0) is 13.0. The Bertz CT molecular complexity index is 396. The summed E-state index contributed by atoms with van der Waals surface area (Å²) >= 11 is 6.19. The first kappa shape index (κ1) is 13.6. The molecule has 1 aliphatic carbocycles. The average molecular weight is 270 g/mol. The molecule has 1 aliphatic rings. The number of hydrogen-bond acceptors (Lipinski definition) is 4. The van der Waals surface area contributed by atoms with Gasteiger partial charge in [-0.3, -0.25) is 0 Å². The lowest BCUT2D eigenvalue weighted by Crippen LogP contribution is -2.19. The van der Waals surface area contributed by atoms with Gasteiger partial charge >= 0.3 is 0 Å². The molecule has 5 heteroatoms. The molecule has 0 saturated heterocycles. The summed E-state index contributed by atoms with van der Waals surface area (Å²) < 4.78 is 5.16. The summed E-state index contributed by atoms with van der Waals surface area (Å²) in [5.41, 5.74) is 1.12. The van der Waals surface area contributed by atoms with E-state index < -0.39 is 0 Å². The molecule has 1 saturated carbocycles. The summed E-state index contributed by atoms with van der Waals surface area (Å²) in [5.74, 6) is 0.718. The number of methoxy groups -OCH3 is 1. The van der Waals surface area contributed by atoms with Crippen LogP contribution in [0, 0.1) is 0 Å². The fourth-order valence-electron chi connectivity index (χ4n) is 1.58. The van der Waals surface area contributed by atoms with E-state index in [4.69, 9.17) is 16.3 Å². The third-order valence-electron chi connectivity index (χ3n) is 3.03. The van der Waals surface area contributed by atoms with Crippen LogP contribution in [0.3, 0.4) is 0 Å². The number of nitrogens with one attached hydrogen (secondary N) is 2. The smallest absolute Gasteiger partial charge is 0.144 e. The molecule has 0 aromatic carbocycles. The van der Waals surface area contributed by atoms with Crippen molar-refractivity contribution in [1.29, 1.82) is 0 Å². The van der Waals surface area contributed by atoms with E-state index in [2.05, 4.69) is 15.6 Å². The second-order valence-corrected chi connectivity index (χ2v) is 5.16. The van der Waals surface area contributed by atoms with Gasteiger partial charge in [0.1, 0.15) is 5.82 Å². The molecule has 0 spiro atoms. The maximum Gasteiger partial charge on any atom is 0.144 e. The number of ether oxygens (including phenoxy) is 1. The second kappa shape index (κ2) is 6.36. The van der Waals surface area contributed by atoms with Gasteiger partial charge in [-0.05, 0) is 31.4 Å². The zero-order valence-corrected chi connectivity index (χ0v) is 11.6. The Balaban J connectivity index is 1.87. The monoisotopic (exact) mass is 269 g/mol. The molecule has 1 unspecified atom stereocenters. The fraction of sp³-hybridized carbons (Fsp3) is 0.615. The van der Waals surface area contributed by atoms with Gasteiger partial charge in [0.25, 0.3) is 0 Å². The lowest BCUT2D eigenvalue weighted by molar-refractivity contribution is 0.128. The van der Waals surface area contributed by atoms with Gasteiger partial charge in [-0.25, -0.2) is 4.98 Å². The van der Waals surface area contributed by atoms with Gasteiger partial charge in [0.05, 0.1) is 11.1 Å². The maximum atomic E-state index is 6.19. The molecule has 0 amide bonds. The molecular weight excluding hydrogens is 250 g/mol. The molecule has 1 fully saturated rings. The molecule has 1 aromatic heterocycles. The van der Waals surface area contributed by atoms with Crippen LogP contribution >= 0.6 is 11.6 Å². The van der Waals surface area contributed by atoms with E-state index in [0.29, 0.717) is 17.6 Å². The summed E-state index contributed by atoms with van der Waals surface area (Å²) in [7, 11) is 1.69. The quantitative estimate of drug-likeness (QED) is 0.798. The molecule has 2 rings (SSSR count). The van der Waals surface area contributed by atoms with Crippen molar-refractivity contribution < 1.29 is 4.74 Å². The van der Waals surface area contributed by atoms with Gasteiger partial charge in [-0.2, -0.15) is 0 Å². The molecule has 100 valence electrons. The number of anilines is 1. The standard InChI is InChI=1S/C13H20ClN3O/c1-9(18-2)6-16-13-12(14)5-10(8-17-13)7-15-11-3-4-11/h5,8-9,11,15H,3-4,6-7H2,1-2H3,(H,16,17). The summed E-state index contributed by atoms with van der Waals surface area (Å²) in [6.45, 7) is 3.53. The van der Waals surface area contributed by atoms with Crippen LogP contribution in [0.25, 0.3) is 0 Å². The highest BCUT2D eigenvalue weighted by Gasteiger charge is 2.20. The van der Waals surface area contributed by atoms with Gasteiger partial charge in [0, 0.05) is 32.4 Å². The minimum absolute atomic E-state index is 0.138. The van der Waals surface area contributed by atoms with Gasteiger partial charge < -0.3 is 15.4 Å². The van der Waals surface area contributed by atoms with Crippen molar-refractivity contribution in [1.82, 2.24) is 10.3 Å². The van der Waals surface area contributed by atoms with Crippen LogP contribution in [0.5, 0.6) is 0 Å². The van der Waals surface area contributed by atoms with E-state index in [1.54, 1.807) is 7.11 Å². The van der Waals surface area contributed by atoms with E-state index in [0.717, 1.165) is 17.9 Å². The van der Waals surface area contributed by atoms with Crippen LogP contribution in [0.15, 0.2) is 12.3 Å². The van der Waals surface area contributed by atoms with E-state index in [9.17, 15) is 0 Å². The summed E-state index contributed by atoms with van der Waals surface area (Å²) in [6, 6.07) is 2.66. The maximum absolute atomic E-state index is 6.19. The highest BCUT2D eigenvalue weighted by atomic mass is 35.5. The highest BCUT2D eigenvalue weighted by molar-refractivity contribution is 6.32. The number of aromatic nitrogens is 1. The summed E-state index contributed by atoms with van der Waals surface area (Å²) in [6.07, 6.45) is 4.58. The minimum Gasteiger partial charge on any atom is -0.380 e. The molecule has 1 atom stereocenters. The third-order valence-corrected chi connectivity index (χ3v) is 3.32. The first-order valence-electron chi connectivity index (χ1n) is 6.33. The second-order valence-electron chi connectivity index (χ2n) is 4.76. The van der Waals surface area contributed by atoms with Crippen molar-refractivity contribution in [2.75, 3.05) is 19.0 Å². The molecule has 4 nitrogen and oxygen atoms in total. The zero-order valence-electron chi connectivity index (χ0n) is 10.9. The SMILES string of the molecule is COC(C)CNc1ncc(CNC2CC2)cc1Cl. The number of halogens is 1. The van der Waals surface area contributed by atoms with Crippen LogP contribution in [0.4, 0.5) is 5.82 Å². The third kappa shape index (κ3) is 4.12. The molecule has 1 heterocycles. The van der Waals surface area contributed by atoms with Crippen molar-refractivity contribution in [2.45, 2.75) is 38.5 Å². The van der Waals surface area contributed by atoms with Gasteiger partial charge in [0.2, 0.25) is 0 Å². The van der Waals surface area contributed by atoms with Gasteiger partial charge in [-0.15, -0.1) is 0 Å². The Morgan fingerprint density at radius 3 is 2.94 bits per heavy atom. The van der Waals surface area contributed by atoms with Crippen LogP contribution in [-0.2, 0) is 11.3 Å². The predicted molar refractivity (Wildman–Crippen MR) is 74.1 cm³/mol. The van der Waals surface area contributed by atoms with Crippen molar-refractivity contribution in [3.63, 3.8) is 0 Å². The van der Waals surface area contributed by atoms with Crippen molar-refractivity contribution >= 4 is 17.4 Å². The molecule has 0 radical (unpaired) electrons. The lowest BCUT2D eigenvalue weighted by Gasteiger charge is -2.13. The van der Waals surface area contributed by atoms with E-state index in [1.165, 1.54) is 12.8 Å². The van der Waals surface area contributed by atoms with E-state index >= 15 is 0 Å². The number of hydrogen-bond donors (Lipinski definition) is 2. The molecule has 18 heavy (non-hydrogen) atoms.